The molecule has 0 bridgehead atoms. The summed E-state index contributed by atoms with van der Waals surface area (Å²) in [6.45, 7) is 3.22. The van der Waals surface area contributed by atoms with Crippen LogP contribution < -0.4 is 10.1 Å². The Kier molecular flexibility index (Phi) is 4.16. The van der Waals surface area contributed by atoms with Gasteiger partial charge in [-0.1, -0.05) is 0 Å². The first-order valence-electron chi connectivity index (χ1n) is 6.76. The van der Waals surface area contributed by atoms with E-state index in [0.29, 0.717) is 18.6 Å². The van der Waals surface area contributed by atoms with Crippen molar-refractivity contribution in [2.24, 2.45) is 5.92 Å². The number of ether oxygens (including phenoxy) is 1. The molecule has 114 valence electrons. The van der Waals surface area contributed by atoms with E-state index in [9.17, 15) is 14.0 Å². The van der Waals surface area contributed by atoms with E-state index in [1.165, 1.54) is 24.3 Å². The van der Waals surface area contributed by atoms with Crippen LogP contribution in [0, 0.1) is 11.7 Å². The number of aliphatic carboxylic acids is 1. The van der Waals surface area contributed by atoms with Crippen molar-refractivity contribution >= 4 is 11.9 Å². The number of benzene rings is 1. The first-order chi connectivity index (χ1) is 9.78. The first kappa shape index (κ1) is 15.3. The highest BCUT2D eigenvalue weighted by atomic mass is 19.1. The molecule has 5 nitrogen and oxygen atoms in total. The normalized spacial score (nSPS) is 21.3. The lowest BCUT2D eigenvalue weighted by Crippen LogP contribution is -2.54. The molecule has 2 N–H and O–H groups in total. The maximum Gasteiger partial charge on any atom is 0.306 e. The lowest BCUT2D eigenvalue weighted by molar-refractivity contribution is -0.147. The molecule has 2 rings (SSSR count). The number of hydrogen-bond donors (Lipinski definition) is 2. The van der Waals surface area contributed by atoms with Crippen molar-refractivity contribution in [3.63, 3.8) is 0 Å². The molecule has 0 aliphatic heterocycles. The Morgan fingerprint density at radius 3 is 2.38 bits per heavy atom. The lowest BCUT2D eigenvalue weighted by atomic mass is 9.80. The van der Waals surface area contributed by atoms with Crippen LogP contribution in [0.25, 0.3) is 0 Å². The highest BCUT2D eigenvalue weighted by molar-refractivity contribution is 5.85. The van der Waals surface area contributed by atoms with Gasteiger partial charge in [0.15, 0.2) is 5.60 Å². The SMILES string of the molecule is CC(C)(Oc1ccc(F)cc1)C(=O)NC1CC(C(=O)O)C1. The number of amides is 1. The third-order valence-electron chi connectivity index (χ3n) is 3.56. The Labute approximate surface area is 122 Å². The molecule has 0 spiro atoms. The van der Waals surface area contributed by atoms with Crippen LogP contribution >= 0.6 is 0 Å². The minimum atomic E-state index is -1.12. The molecule has 1 fully saturated rings. The summed E-state index contributed by atoms with van der Waals surface area (Å²) in [4.78, 5) is 22.9. The van der Waals surface area contributed by atoms with Crippen LogP contribution in [0.5, 0.6) is 5.75 Å². The number of carboxylic acids is 1. The fraction of sp³-hybridized carbons (Fsp3) is 0.467. The van der Waals surface area contributed by atoms with Gasteiger partial charge in [-0.2, -0.15) is 0 Å². The summed E-state index contributed by atoms with van der Waals surface area (Å²) in [6, 6.07) is 5.29. The fourth-order valence-electron chi connectivity index (χ4n) is 2.14. The topological polar surface area (TPSA) is 75.6 Å². The van der Waals surface area contributed by atoms with Gasteiger partial charge in [-0.05, 0) is 51.0 Å². The molecule has 1 saturated carbocycles. The molecule has 1 aromatic rings. The molecule has 0 saturated heterocycles. The molecule has 21 heavy (non-hydrogen) atoms. The van der Waals surface area contributed by atoms with Gasteiger partial charge in [-0.15, -0.1) is 0 Å². The van der Waals surface area contributed by atoms with Gasteiger partial charge in [0, 0.05) is 6.04 Å². The molecule has 0 aromatic heterocycles. The molecule has 6 heteroatoms. The lowest BCUT2D eigenvalue weighted by Gasteiger charge is -2.35. The molecule has 1 aliphatic carbocycles. The van der Waals surface area contributed by atoms with Crippen molar-refractivity contribution < 1.29 is 23.8 Å². The summed E-state index contributed by atoms with van der Waals surface area (Å²) >= 11 is 0. The van der Waals surface area contributed by atoms with Crippen LogP contribution in [0.1, 0.15) is 26.7 Å². The fourth-order valence-corrected chi connectivity index (χ4v) is 2.14. The molecule has 1 amide bonds. The average molecular weight is 295 g/mol. The number of nitrogens with one attached hydrogen (secondary N) is 1. The quantitative estimate of drug-likeness (QED) is 0.870. The standard InChI is InChI=1S/C15H18FNO4/c1-15(2,21-12-5-3-10(16)4-6-12)14(20)17-11-7-9(8-11)13(18)19/h3-6,9,11H,7-8H2,1-2H3,(H,17,20)(H,18,19). The summed E-state index contributed by atoms with van der Waals surface area (Å²) in [6.07, 6.45) is 0.876. The van der Waals surface area contributed by atoms with Crippen molar-refractivity contribution in [2.45, 2.75) is 38.3 Å². The Morgan fingerprint density at radius 2 is 1.86 bits per heavy atom. The van der Waals surface area contributed by atoms with Gasteiger partial charge in [-0.25, -0.2) is 4.39 Å². The zero-order valence-electron chi connectivity index (χ0n) is 11.9. The van der Waals surface area contributed by atoms with Crippen molar-refractivity contribution in [2.75, 3.05) is 0 Å². The van der Waals surface area contributed by atoms with Gasteiger partial charge in [0.25, 0.3) is 5.91 Å². The molecular weight excluding hydrogens is 277 g/mol. The summed E-state index contributed by atoms with van der Waals surface area (Å²) in [5, 5.41) is 11.6. The average Bonchev–Trinajstić information content (AvgIpc) is 2.35. The van der Waals surface area contributed by atoms with Gasteiger partial charge < -0.3 is 15.2 Å². The first-order valence-corrected chi connectivity index (χ1v) is 6.76. The van der Waals surface area contributed by atoms with Crippen LogP contribution in [0.15, 0.2) is 24.3 Å². The van der Waals surface area contributed by atoms with E-state index in [2.05, 4.69) is 5.32 Å². The van der Waals surface area contributed by atoms with E-state index < -0.39 is 11.6 Å². The van der Waals surface area contributed by atoms with E-state index in [-0.39, 0.29) is 23.7 Å². The molecule has 0 unspecified atom stereocenters. The van der Waals surface area contributed by atoms with Crippen molar-refractivity contribution in [3.05, 3.63) is 30.1 Å². The predicted octanol–water partition coefficient (Wildman–Crippen LogP) is 1.96. The van der Waals surface area contributed by atoms with E-state index >= 15 is 0 Å². The van der Waals surface area contributed by atoms with Gasteiger partial charge in [0.1, 0.15) is 11.6 Å². The summed E-state index contributed by atoms with van der Waals surface area (Å²) < 4.78 is 18.4. The smallest absolute Gasteiger partial charge is 0.306 e. The Balaban J connectivity index is 1.88. The Hall–Kier alpha value is -2.11. The zero-order chi connectivity index (χ0) is 15.6. The van der Waals surface area contributed by atoms with Gasteiger partial charge in [-0.3, -0.25) is 9.59 Å². The van der Waals surface area contributed by atoms with Crippen LogP contribution in [-0.2, 0) is 9.59 Å². The highest BCUT2D eigenvalue weighted by Crippen LogP contribution is 2.28. The van der Waals surface area contributed by atoms with Crippen LogP contribution in [0.4, 0.5) is 4.39 Å². The number of carbonyl (C=O) groups is 2. The second-order valence-corrected chi connectivity index (χ2v) is 5.74. The Morgan fingerprint density at radius 1 is 1.29 bits per heavy atom. The number of hydrogen-bond acceptors (Lipinski definition) is 3. The molecule has 1 aromatic carbocycles. The highest BCUT2D eigenvalue weighted by Gasteiger charge is 2.38. The minimum absolute atomic E-state index is 0.130. The van der Waals surface area contributed by atoms with Crippen LogP contribution in [-0.4, -0.2) is 28.6 Å². The number of rotatable bonds is 5. The third-order valence-corrected chi connectivity index (χ3v) is 3.56. The maximum absolute atomic E-state index is 12.8. The number of halogens is 1. The van der Waals surface area contributed by atoms with Crippen LogP contribution in [0.2, 0.25) is 0 Å². The summed E-state index contributed by atoms with van der Waals surface area (Å²) in [5.74, 6) is -1.51. The number of carboxylic acid groups (broad SMARTS) is 1. The van der Waals surface area contributed by atoms with Crippen molar-refractivity contribution in [3.8, 4) is 5.75 Å². The van der Waals surface area contributed by atoms with Crippen LogP contribution in [0.3, 0.4) is 0 Å². The monoisotopic (exact) mass is 295 g/mol. The molecule has 0 atom stereocenters. The second kappa shape index (κ2) is 5.71. The van der Waals surface area contributed by atoms with Crippen molar-refractivity contribution in [1.82, 2.24) is 5.32 Å². The third kappa shape index (κ3) is 3.71. The van der Waals surface area contributed by atoms with E-state index in [0.717, 1.165) is 0 Å². The molecule has 1 aliphatic rings. The van der Waals surface area contributed by atoms with E-state index in [1.807, 2.05) is 0 Å². The molecular formula is C15H18FNO4. The second-order valence-electron chi connectivity index (χ2n) is 5.74. The molecule has 0 heterocycles. The van der Waals surface area contributed by atoms with Gasteiger partial charge in [0.2, 0.25) is 0 Å². The summed E-state index contributed by atoms with van der Waals surface area (Å²) in [5.41, 5.74) is -1.12. The van der Waals surface area contributed by atoms with E-state index in [4.69, 9.17) is 9.84 Å². The van der Waals surface area contributed by atoms with Gasteiger partial charge in [0.05, 0.1) is 5.92 Å². The Bertz CT molecular complexity index is 535. The molecule has 0 radical (unpaired) electrons. The summed E-state index contributed by atoms with van der Waals surface area (Å²) in [7, 11) is 0. The number of carbonyl (C=O) groups excluding carboxylic acids is 1. The minimum Gasteiger partial charge on any atom is -0.481 e. The zero-order valence-corrected chi connectivity index (χ0v) is 11.9. The van der Waals surface area contributed by atoms with Gasteiger partial charge >= 0.3 is 5.97 Å². The largest absolute Gasteiger partial charge is 0.481 e. The maximum atomic E-state index is 12.8. The van der Waals surface area contributed by atoms with E-state index in [1.54, 1.807) is 13.8 Å². The predicted molar refractivity (Wildman–Crippen MR) is 73.4 cm³/mol. The van der Waals surface area contributed by atoms with Crippen molar-refractivity contribution in [1.29, 1.82) is 0 Å².